The van der Waals surface area contributed by atoms with Gasteiger partial charge in [0.15, 0.2) is 11.6 Å². The molecule has 0 saturated heterocycles. The van der Waals surface area contributed by atoms with E-state index in [9.17, 15) is 13.6 Å². The van der Waals surface area contributed by atoms with Crippen molar-refractivity contribution < 1.29 is 18.3 Å². The van der Waals surface area contributed by atoms with E-state index in [4.69, 9.17) is 4.74 Å². The first-order chi connectivity index (χ1) is 14.9. The van der Waals surface area contributed by atoms with Crippen molar-refractivity contribution in [3.8, 4) is 0 Å². The number of carbonyl (C=O) groups excluding carboxylic acids is 1. The maximum Gasteiger partial charge on any atom is 0.306 e. The molecule has 4 heteroatoms. The van der Waals surface area contributed by atoms with Crippen LogP contribution in [0.15, 0.2) is 24.3 Å². The predicted octanol–water partition coefficient (Wildman–Crippen LogP) is 8.10. The molecule has 0 bridgehead atoms. The summed E-state index contributed by atoms with van der Waals surface area (Å²) in [5.74, 6) is 0.0905. The molecule has 1 unspecified atom stereocenters. The zero-order valence-electron chi connectivity index (χ0n) is 19.5. The minimum atomic E-state index is -0.811. The Kier molecular flexibility index (Phi) is 11.2. The molecule has 2 nitrogen and oxygen atoms in total. The highest BCUT2D eigenvalue weighted by Crippen LogP contribution is 2.35. The third kappa shape index (κ3) is 9.53. The number of hydrogen-bond acceptors (Lipinski definition) is 2. The quantitative estimate of drug-likeness (QED) is 0.245. The van der Waals surface area contributed by atoms with Gasteiger partial charge in [0, 0.05) is 6.42 Å². The number of allylic oxidation sites excluding steroid dienone is 1. The average Bonchev–Trinajstić information content (AvgIpc) is 2.71. The Labute approximate surface area is 187 Å². The van der Waals surface area contributed by atoms with Crippen molar-refractivity contribution in [1.29, 1.82) is 0 Å². The van der Waals surface area contributed by atoms with E-state index in [1.54, 1.807) is 6.07 Å². The summed E-state index contributed by atoms with van der Waals surface area (Å²) in [6.07, 6.45) is 15.3. The minimum Gasteiger partial charge on any atom is -0.462 e. The average molecular weight is 435 g/mol. The van der Waals surface area contributed by atoms with E-state index >= 15 is 0 Å². The standard InChI is InChI=1S/C27H40F2O2/c1-20(2)23-16-14-21(3)18-26(23)31-27(30)13-11-9-7-5-4-6-8-10-12-22-15-17-24(28)25(29)19-22/h10,12,15,17,19-21,23,26H,4-9,11,13-14,16,18H2,1-3H3/b12-10+/t21-,23+,26?/m1/s1. The zero-order chi connectivity index (χ0) is 22.6. The number of carbonyl (C=O) groups is 1. The molecule has 0 amide bonds. The summed E-state index contributed by atoms with van der Waals surface area (Å²) in [5.41, 5.74) is 0.688. The molecule has 1 fully saturated rings. The lowest BCUT2D eigenvalue weighted by Crippen LogP contribution is -2.35. The van der Waals surface area contributed by atoms with Gasteiger partial charge in [-0.05, 0) is 67.6 Å². The van der Waals surface area contributed by atoms with Gasteiger partial charge in [-0.1, -0.05) is 71.1 Å². The van der Waals surface area contributed by atoms with Crippen LogP contribution in [0.3, 0.4) is 0 Å². The van der Waals surface area contributed by atoms with Crippen molar-refractivity contribution in [2.45, 2.75) is 97.5 Å². The number of halogens is 2. The number of rotatable bonds is 12. The lowest BCUT2D eigenvalue weighted by atomic mass is 9.75. The van der Waals surface area contributed by atoms with Gasteiger partial charge in [-0.3, -0.25) is 4.79 Å². The fourth-order valence-corrected chi connectivity index (χ4v) is 4.55. The summed E-state index contributed by atoms with van der Waals surface area (Å²) >= 11 is 0. The second-order valence-corrected chi connectivity index (χ2v) is 9.59. The highest BCUT2D eigenvalue weighted by Gasteiger charge is 2.33. The van der Waals surface area contributed by atoms with Crippen molar-refractivity contribution in [2.24, 2.45) is 17.8 Å². The van der Waals surface area contributed by atoms with E-state index in [1.807, 2.05) is 12.2 Å². The number of ether oxygens (including phenoxy) is 1. The van der Waals surface area contributed by atoms with Crippen LogP contribution >= 0.6 is 0 Å². The first-order valence-electron chi connectivity index (χ1n) is 12.2. The molecule has 0 spiro atoms. The van der Waals surface area contributed by atoms with Crippen LogP contribution in [-0.4, -0.2) is 12.1 Å². The second kappa shape index (κ2) is 13.6. The van der Waals surface area contributed by atoms with Crippen LogP contribution in [0.1, 0.15) is 97.0 Å². The Bertz CT molecular complexity index is 698. The van der Waals surface area contributed by atoms with Crippen LogP contribution in [-0.2, 0) is 9.53 Å². The van der Waals surface area contributed by atoms with Crippen LogP contribution in [0.5, 0.6) is 0 Å². The molecule has 0 radical (unpaired) electrons. The number of esters is 1. The monoisotopic (exact) mass is 434 g/mol. The molecule has 1 aliphatic carbocycles. The van der Waals surface area contributed by atoms with Gasteiger partial charge >= 0.3 is 5.97 Å². The Balaban J connectivity index is 1.50. The van der Waals surface area contributed by atoms with Gasteiger partial charge in [-0.2, -0.15) is 0 Å². The van der Waals surface area contributed by atoms with Gasteiger partial charge in [0.1, 0.15) is 6.10 Å². The van der Waals surface area contributed by atoms with E-state index in [0.717, 1.165) is 57.4 Å². The maximum absolute atomic E-state index is 13.2. The SMILES string of the molecule is CC(C)[C@@H]1CC[C@@H](C)CC1OC(=O)CCCCCCCC/C=C/c1ccc(F)c(F)c1. The lowest BCUT2D eigenvalue weighted by molar-refractivity contribution is -0.156. The molecule has 1 aromatic rings. The molecule has 0 N–H and O–H groups in total. The topological polar surface area (TPSA) is 26.3 Å². The number of benzene rings is 1. The van der Waals surface area contributed by atoms with E-state index in [0.29, 0.717) is 29.7 Å². The Morgan fingerprint density at radius 3 is 2.48 bits per heavy atom. The summed E-state index contributed by atoms with van der Waals surface area (Å²) in [7, 11) is 0. The fourth-order valence-electron chi connectivity index (χ4n) is 4.55. The first-order valence-corrected chi connectivity index (χ1v) is 12.2. The highest BCUT2D eigenvalue weighted by atomic mass is 19.2. The van der Waals surface area contributed by atoms with Gasteiger partial charge < -0.3 is 4.74 Å². The Hall–Kier alpha value is -1.71. The second-order valence-electron chi connectivity index (χ2n) is 9.59. The van der Waals surface area contributed by atoms with Crippen LogP contribution in [0, 0.1) is 29.4 Å². The van der Waals surface area contributed by atoms with Gasteiger partial charge in [0.2, 0.25) is 0 Å². The van der Waals surface area contributed by atoms with Crippen molar-refractivity contribution in [3.05, 3.63) is 41.5 Å². The summed E-state index contributed by atoms with van der Waals surface area (Å²) in [6.45, 7) is 6.73. The van der Waals surface area contributed by atoms with Gasteiger partial charge in [-0.15, -0.1) is 0 Å². The van der Waals surface area contributed by atoms with Crippen molar-refractivity contribution in [1.82, 2.24) is 0 Å². The van der Waals surface area contributed by atoms with E-state index < -0.39 is 11.6 Å². The van der Waals surface area contributed by atoms with Crippen LogP contribution in [0.25, 0.3) is 6.08 Å². The van der Waals surface area contributed by atoms with Gasteiger partial charge in [-0.25, -0.2) is 8.78 Å². The largest absolute Gasteiger partial charge is 0.462 e. The van der Waals surface area contributed by atoms with Crippen LogP contribution < -0.4 is 0 Å². The van der Waals surface area contributed by atoms with Crippen molar-refractivity contribution >= 4 is 12.0 Å². The molecule has 2 rings (SSSR count). The molecule has 1 aliphatic rings. The third-order valence-corrected chi connectivity index (χ3v) is 6.50. The number of unbranched alkanes of at least 4 members (excludes halogenated alkanes) is 6. The van der Waals surface area contributed by atoms with E-state index in [2.05, 4.69) is 20.8 Å². The predicted molar refractivity (Wildman–Crippen MR) is 124 cm³/mol. The molecular formula is C27H40F2O2. The molecule has 1 aromatic carbocycles. The van der Waals surface area contributed by atoms with Crippen molar-refractivity contribution in [3.63, 3.8) is 0 Å². The Morgan fingerprint density at radius 1 is 1.06 bits per heavy atom. The van der Waals surface area contributed by atoms with E-state index in [-0.39, 0.29) is 12.1 Å². The fraction of sp³-hybridized carbons (Fsp3) is 0.667. The van der Waals surface area contributed by atoms with Crippen LogP contribution in [0.2, 0.25) is 0 Å². The zero-order valence-corrected chi connectivity index (χ0v) is 19.5. The molecule has 3 atom stereocenters. The highest BCUT2D eigenvalue weighted by molar-refractivity contribution is 5.69. The molecule has 0 aliphatic heterocycles. The molecule has 0 aromatic heterocycles. The number of hydrogen-bond donors (Lipinski definition) is 0. The maximum atomic E-state index is 13.2. The molecule has 31 heavy (non-hydrogen) atoms. The molecule has 0 heterocycles. The molecular weight excluding hydrogens is 394 g/mol. The smallest absolute Gasteiger partial charge is 0.306 e. The summed E-state index contributed by atoms with van der Waals surface area (Å²) in [4.78, 5) is 12.3. The summed E-state index contributed by atoms with van der Waals surface area (Å²) < 4.78 is 31.9. The first kappa shape index (κ1) is 25.5. The summed E-state index contributed by atoms with van der Waals surface area (Å²) in [6, 6.07) is 3.95. The van der Waals surface area contributed by atoms with Crippen LogP contribution in [0.4, 0.5) is 8.78 Å². The van der Waals surface area contributed by atoms with E-state index in [1.165, 1.54) is 18.9 Å². The Morgan fingerprint density at radius 2 is 1.77 bits per heavy atom. The third-order valence-electron chi connectivity index (χ3n) is 6.50. The molecule has 174 valence electrons. The summed E-state index contributed by atoms with van der Waals surface area (Å²) in [5, 5.41) is 0. The lowest BCUT2D eigenvalue weighted by Gasteiger charge is -2.36. The normalized spacial score (nSPS) is 21.7. The van der Waals surface area contributed by atoms with Gasteiger partial charge in [0.05, 0.1) is 0 Å². The van der Waals surface area contributed by atoms with Crippen molar-refractivity contribution in [2.75, 3.05) is 0 Å². The minimum absolute atomic E-state index is 0.0212. The molecule has 1 saturated carbocycles. The van der Waals surface area contributed by atoms with Gasteiger partial charge in [0.25, 0.3) is 0 Å².